The lowest BCUT2D eigenvalue weighted by Crippen LogP contribution is -2.36. The summed E-state index contributed by atoms with van der Waals surface area (Å²) in [5.74, 6) is 1.35. The Kier molecular flexibility index (Phi) is 5.45. The van der Waals surface area contributed by atoms with Gasteiger partial charge in [0, 0.05) is 44.5 Å². The number of nitrogens with two attached hydrogens (primary N) is 1. The van der Waals surface area contributed by atoms with Crippen molar-refractivity contribution in [2.24, 2.45) is 0 Å². The first-order valence-electron chi connectivity index (χ1n) is 9.68. The zero-order chi connectivity index (χ0) is 19.5. The maximum atomic E-state index is 6.26. The molecular weight excluding hydrogens is 354 g/mol. The van der Waals surface area contributed by atoms with Gasteiger partial charge in [-0.05, 0) is 30.5 Å². The molecule has 1 aliphatic rings. The molecule has 2 N–H and O–H groups in total. The van der Waals surface area contributed by atoms with Crippen molar-refractivity contribution in [1.29, 1.82) is 0 Å². The SMILES string of the molecule is COCCN1CCC(n2cc(-c3ccc(OC)cc3)c3c(N)ncnc32)CC1. The molecule has 0 spiro atoms. The molecular formula is C21H27N5O2. The number of ether oxygens (including phenoxy) is 2. The Morgan fingerprint density at radius 2 is 1.86 bits per heavy atom. The van der Waals surface area contributed by atoms with Crippen molar-refractivity contribution < 1.29 is 9.47 Å². The Labute approximate surface area is 165 Å². The fourth-order valence-electron chi connectivity index (χ4n) is 4.02. The molecule has 1 aromatic carbocycles. The quantitative estimate of drug-likeness (QED) is 0.707. The van der Waals surface area contributed by atoms with Crippen LogP contribution < -0.4 is 10.5 Å². The second kappa shape index (κ2) is 8.16. The van der Waals surface area contributed by atoms with E-state index >= 15 is 0 Å². The van der Waals surface area contributed by atoms with Gasteiger partial charge >= 0.3 is 0 Å². The van der Waals surface area contributed by atoms with E-state index < -0.39 is 0 Å². The minimum Gasteiger partial charge on any atom is -0.497 e. The molecule has 0 atom stereocenters. The van der Waals surface area contributed by atoms with Gasteiger partial charge in [-0.2, -0.15) is 0 Å². The van der Waals surface area contributed by atoms with Crippen LogP contribution in [0.1, 0.15) is 18.9 Å². The number of benzene rings is 1. The highest BCUT2D eigenvalue weighted by molar-refractivity contribution is 6.00. The van der Waals surface area contributed by atoms with Crippen molar-refractivity contribution in [2.45, 2.75) is 18.9 Å². The minimum atomic E-state index is 0.405. The third-order valence-electron chi connectivity index (χ3n) is 5.60. The molecule has 148 valence electrons. The van der Waals surface area contributed by atoms with Crippen LogP contribution in [0.3, 0.4) is 0 Å². The van der Waals surface area contributed by atoms with E-state index in [1.165, 1.54) is 0 Å². The standard InChI is InChI=1S/C21H27N5O2/c1-27-12-11-25-9-7-16(8-10-25)26-13-18(15-3-5-17(28-2)6-4-15)19-20(22)23-14-24-21(19)26/h3-6,13-14,16H,7-12H2,1-2H3,(H2,22,23,24). The number of anilines is 1. The fourth-order valence-corrected chi connectivity index (χ4v) is 4.02. The summed E-state index contributed by atoms with van der Waals surface area (Å²) < 4.78 is 12.8. The predicted octanol–water partition coefficient (Wildman–Crippen LogP) is 2.97. The van der Waals surface area contributed by atoms with E-state index in [-0.39, 0.29) is 0 Å². The molecule has 28 heavy (non-hydrogen) atoms. The van der Waals surface area contributed by atoms with Crippen LogP contribution in [0, 0.1) is 0 Å². The van der Waals surface area contributed by atoms with E-state index in [1.54, 1.807) is 20.5 Å². The average Bonchev–Trinajstić information content (AvgIpc) is 3.14. The van der Waals surface area contributed by atoms with E-state index in [9.17, 15) is 0 Å². The van der Waals surface area contributed by atoms with Crippen molar-refractivity contribution in [1.82, 2.24) is 19.4 Å². The van der Waals surface area contributed by atoms with Gasteiger partial charge in [-0.3, -0.25) is 0 Å². The van der Waals surface area contributed by atoms with E-state index in [0.717, 1.165) is 67.0 Å². The largest absolute Gasteiger partial charge is 0.497 e. The predicted molar refractivity (Wildman–Crippen MR) is 111 cm³/mol. The summed E-state index contributed by atoms with van der Waals surface area (Å²) in [4.78, 5) is 11.3. The van der Waals surface area contributed by atoms with Crippen molar-refractivity contribution in [3.63, 3.8) is 0 Å². The number of hydrogen-bond acceptors (Lipinski definition) is 6. The van der Waals surface area contributed by atoms with Crippen molar-refractivity contribution in [3.05, 3.63) is 36.8 Å². The highest BCUT2D eigenvalue weighted by atomic mass is 16.5. The summed E-state index contributed by atoms with van der Waals surface area (Å²) in [6, 6.07) is 8.44. The van der Waals surface area contributed by atoms with Gasteiger partial charge in [0.1, 0.15) is 23.5 Å². The summed E-state index contributed by atoms with van der Waals surface area (Å²) in [5, 5.41) is 0.925. The van der Waals surface area contributed by atoms with Crippen LogP contribution in [0.25, 0.3) is 22.2 Å². The van der Waals surface area contributed by atoms with Crippen molar-refractivity contribution in [2.75, 3.05) is 46.2 Å². The molecule has 1 saturated heterocycles. The molecule has 0 saturated carbocycles. The van der Waals surface area contributed by atoms with Gasteiger partial charge in [0.2, 0.25) is 0 Å². The number of rotatable bonds is 6. The Bertz CT molecular complexity index is 930. The molecule has 2 aromatic heterocycles. The van der Waals surface area contributed by atoms with Crippen LogP contribution in [0.5, 0.6) is 5.75 Å². The number of hydrogen-bond donors (Lipinski definition) is 1. The van der Waals surface area contributed by atoms with E-state index in [0.29, 0.717) is 11.9 Å². The van der Waals surface area contributed by atoms with Crippen LogP contribution in [-0.2, 0) is 4.74 Å². The highest BCUT2D eigenvalue weighted by Gasteiger charge is 2.24. The summed E-state index contributed by atoms with van der Waals surface area (Å²) >= 11 is 0. The monoisotopic (exact) mass is 381 g/mol. The zero-order valence-corrected chi connectivity index (χ0v) is 16.5. The summed E-state index contributed by atoms with van der Waals surface area (Å²) in [6.07, 6.45) is 5.91. The molecule has 0 unspecified atom stereocenters. The third-order valence-corrected chi connectivity index (χ3v) is 5.60. The van der Waals surface area contributed by atoms with Crippen LogP contribution in [0.15, 0.2) is 36.8 Å². The lowest BCUT2D eigenvalue weighted by Gasteiger charge is -2.32. The van der Waals surface area contributed by atoms with Crippen LogP contribution in [-0.4, -0.2) is 59.9 Å². The maximum absolute atomic E-state index is 6.26. The molecule has 1 fully saturated rings. The van der Waals surface area contributed by atoms with Gasteiger partial charge in [-0.25, -0.2) is 9.97 Å². The lowest BCUT2D eigenvalue weighted by molar-refractivity contribution is 0.122. The molecule has 1 aliphatic heterocycles. The average molecular weight is 381 g/mol. The molecule has 0 aliphatic carbocycles. The second-order valence-corrected chi connectivity index (χ2v) is 7.20. The molecule has 7 nitrogen and oxygen atoms in total. The van der Waals surface area contributed by atoms with Gasteiger partial charge in [-0.1, -0.05) is 12.1 Å². The molecule has 0 radical (unpaired) electrons. The van der Waals surface area contributed by atoms with Crippen LogP contribution in [0.4, 0.5) is 5.82 Å². The van der Waals surface area contributed by atoms with Gasteiger partial charge < -0.3 is 24.7 Å². The van der Waals surface area contributed by atoms with Crippen molar-refractivity contribution >= 4 is 16.9 Å². The summed E-state index contributed by atoms with van der Waals surface area (Å²) in [6.45, 7) is 3.89. The summed E-state index contributed by atoms with van der Waals surface area (Å²) in [7, 11) is 3.43. The molecule has 4 rings (SSSR count). The van der Waals surface area contributed by atoms with E-state index in [4.69, 9.17) is 15.2 Å². The van der Waals surface area contributed by atoms with E-state index in [1.807, 2.05) is 12.1 Å². The first kappa shape index (κ1) is 18.7. The number of nitrogens with zero attached hydrogens (tertiary/aromatic N) is 4. The molecule has 3 heterocycles. The topological polar surface area (TPSA) is 78.4 Å². The lowest BCUT2D eigenvalue weighted by atomic mass is 10.0. The number of nitrogen functional groups attached to an aromatic ring is 1. The van der Waals surface area contributed by atoms with Gasteiger partial charge in [0.25, 0.3) is 0 Å². The Morgan fingerprint density at radius 1 is 1.11 bits per heavy atom. The normalized spacial score (nSPS) is 15.9. The molecule has 0 bridgehead atoms. The Balaban J connectivity index is 1.67. The van der Waals surface area contributed by atoms with Gasteiger partial charge in [0.05, 0.1) is 19.1 Å². The minimum absolute atomic E-state index is 0.405. The van der Waals surface area contributed by atoms with Crippen LogP contribution >= 0.6 is 0 Å². The van der Waals surface area contributed by atoms with Gasteiger partial charge in [0.15, 0.2) is 0 Å². The first-order chi connectivity index (χ1) is 13.7. The highest BCUT2D eigenvalue weighted by Crippen LogP contribution is 2.36. The van der Waals surface area contributed by atoms with Gasteiger partial charge in [-0.15, -0.1) is 0 Å². The molecule has 7 heteroatoms. The maximum Gasteiger partial charge on any atom is 0.146 e. The summed E-state index contributed by atoms with van der Waals surface area (Å²) in [5.41, 5.74) is 9.32. The Hall–Kier alpha value is -2.64. The number of methoxy groups -OCH3 is 2. The molecule has 0 amide bonds. The second-order valence-electron chi connectivity index (χ2n) is 7.20. The smallest absolute Gasteiger partial charge is 0.146 e. The van der Waals surface area contributed by atoms with Crippen molar-refractivity contribution in [3.8, 4) is 16.9 Å². The number of piperidine rings is 1. The third kappa shape index (κ3) is 3.55. The van der Waals surface area contributed by atoms with Crippen LogP contribution in [0.2, 0.25) is 0 Å². The number of likely N-dealkylation sites (tertiary alicyclic amines) is 1. The molecule has 3 aromatic rings. The van der Waals surface area contributed by atoms with E-state index in [2.05, 4.69) is 37.8 Å². The number of aromatic nitrogens is 3. The zero-order valence-electron chi connectivity index (χ0n) is 16.5. The first-order valence-corrected chi connectivity index (χ1v) is 9.68. The number of fused-ring (bicyclic) bond motifs is 1. The fraction of sp³-hybridized carbons (Fsp3) is 0.429. The Morgan fingerprint density at radius 3 is 2.54 bits per heavy atom.